The van der Waals surface area contributed by atoms with E-state index in [1.54, 1.807) is 7.05 Å². The van der Waals surface area contributed by atoms with Crippen molar-refractivity contribution in [3.8, 4) is 11.5 Å². The molecule has 0 N–H and O–H groups in total. The maximum atomic E-state index is 13.4. The second-order valence-electron chi connectivity index (χ2n) is 5.19. The lowest BCUT2D eigenvalue weighted by atomic mass is 10.1. The summed E-state index contributed by atoms with van der Waals surface area (Å²) in [4.78, 5) is 13.9. The van der Waals surface area contributed by atoms with Crippen LogP contribution in [-0.4, -0.2) is 38.1 Å². The molecule has 5 heteroatoms. The Balaban J connectivity index is 1.98. The van der Waals surface area contributed by atoms with Gasteiger partial charge in [-0.1, -0.05) is 18.2 Å². The van der Waals surface area contributed by atoms with Gasteiger partial charge in [-0.05, 0) is 36.8 Å². The molecule has 0 aromatic heterocycles. The highest BCUT2D eigenvalue weighted by molar-refractivity contribution is 5.96. The normalized spacial score (nSPS) is 10.3. The first-order valence-corrected chi connectivity index (χ1v) is 7.30. The summed E-state index contributed by atoms with van der Waals surface area (Å²) in [6.07, 6.45) is 0. The first-order chi connectivity index (χ1) is 11.0. The van der Waals surface area contributed by atoms with Crippen molar-refractivity contribution in [2.24, 2.45) is 0 Å². The molecule has 2 rings (SSSR count). The molecule has 0 heterocycles. The standard InChI is InChI=1S/C18H20FNO3/c1-13-6-4-5-7-16(13)23-11-10-20(2)18(21)15-12-14(19)8-9-17(15)22-3/h4-9,12H,10-11H2,1-3H3. The lowest BCUT2D eigenvalue weighted by Crippen LogP contribution is -2.31. The van der Waals surface area contributed by atoms with E-state index in [-0.39, 0.29) is 11.5 Å². The number of carbonyl (C=O) groups is 1. The minimum atomic E-state index is -0.473. The molecular weight excluding hydrogens is 297 g/mol. The smallest absolute Gasteiger partial charge is 0.257 e. The van der Waals surface area contributed by atoms with Crippen molar-refractivity contribution in [3.05, 3.63) is 59.4 Å². The molecule has 0 saturated heterocycles. The Kier molecular flexibility index (Phi) is 5.57. The third-order valence-electron chi connectivity index (χ3n) is 3.52. The molecule has 0 fully saturated rings. The fraction of sp³-hybridized carbons (Fsp3) is 0.278. The molecule has 0 radical (unpaired) electrons. The number of likely N-dealkylation sites (N-methyl/N-ethyl adjacent to an activating group) is 1. The van der Waals surface area contributed by atoms with Gasteiger partial charge in [0.1, 0.15) is 23.9 Å². The molecule has 0 spiro atoms. The average molecular weight is 317 g/mol. The number of aryl methyl sites for hydroxylation is 1. The van der Waals surface area contributed by atoms with Crippen LogP contribution in [-0.2, 0) is 0 Å². The second-order valence-corrected chi connectivity index (χ2v) is 5.19. The zero-order valence-electron chi connectivity index (χ0n) is 13.5. The van der Waals surface area contributed by atoms with Gasteiger partial charge in [0, 0.05) is 7.05 Å². The highest BCUT2D eigenvalue weighted by atomic mass is 19.1. The molecule has 0 atom stereocenters. The topological polar surface area (TPSA) is 38.8 Å². The van der Waals surface area contributed by atoms with Gasteiger partial charge in [-0.2, -0.15) is 0 Å². The average Bonchev–Trinajstić information content (AvgIpc) is 2.55. The van der Waals surface area contributed by atoms with Gasteiger partial charge in [0.15, 0.2) is 0 Å². The van der Waals surface area contributed by atoms with Crippen LogP contribution in [0.1, 0.15) is 15.9 Å². The monoisotopic (exact) mass is 317 g/mol. The van der Waals surface area contributed by atoms with Crippen LogP contribution in [0, 0.1) is 12.7 Å². The SMILES string of the molecule is COc1ccc(F)cc1C(=O)N(C)CCOc1ccccc1C. The van der Waals surface area contributed by atoms with E-state index < -0.39 is 5.82 Å². The van der Waals surface area contributed by atoms with E-state index in [1.807, 2.05) is 31.2 Å². The minimum Gasteiger partial charge on any atom is -0.496 e. The molecule has 0 aliphatic heterocycles. The van der Waals surface area contributed by atoms with E-state index in [4.69, 9.17) is 9.47 Å². The van der Waals surface area contributed by atoms with Crippen LogP contribution in [0.5, 0.6) is 11.5 Å². The molecule has 122 valence electrons. The maximum Gasteiger partial charge on any atom is 0.257 e. The fourth-order valence-electron chi connectivity index (χ4n) is 2.17. The zero-order valence-corrected chi connectivity index (χ0v) is 13.5. The summed E-state index contributed by atoms with van der Waals surface area (Å²) >= 11 is 0. The number of benzene rings is 2. The first-order valence-electron chi connectivity index (χ1n) is 7.30. The summed E-state index contributed by atoms with van der Waals surface area (Å²) in [5.74, 6) is 0.355. The predicted octanol–water partition coefficient (Wildman–Crippen LogP) is 3.29. The summed E-state index contributed by atoms with van der Waals surface area (Å²) < 4.78 is 24.2. The third-order valence-corrected chi connectivity index (χ3v) is 3.52. The number of nitrogens with zero attached hydrogens (tertiary/aromatic N) is 1. The molecule has 2 aromatic carbocycles. The van der Waals surface area contributed by atoms with Crippen molar-refractivity contribution in [2.45, 2.75) is 6.92 Å². The number of methoxy groups -OCH3 is 1. The molecule has 0 aliphatic carbocycles. The Morgan fingerprint density at radius 2 is 1.91 bits per heavy atom. The number of hydrogen-bond donors (Lipinski definition) is 0. The zero-order chi connectivity index (χ0) is 16.8. The second kappa shape index (κ2) is 7.63. The van der Waals surface area contributed by atoms with Crippen molar-refractivity contribution in [1.29, 1.82) is 0 Å². The third kappa shape index (κ3) is 4.22. The van der Waals surface area contributed by atoms with Gasteiger partial charge in [-0.3, -0.25) is 4.79 Å². The Hall–Kier alpha value is -2.56. The summed E-state index contributed by atoms with van der Waals surface area (Å²) in [6.45, 7) is 2.69. The fourth-order valence-corrected chi connectivity index (χ4v) is 2.17. The van der Waals surface area contributed by atoms with Crippen molar-refractivity contribution in [2.75, 3.05) is 27.3 Å². The molecule has 0 saturated carbocycles. The molecule has 4 nitrogen and oxygen atoms in total. The van der Waals surface area contributed by atoms with Crippen molar-refractivity contribution < 1.29 is 18.7 Å². The molecule has 0 bridgehead atoms. The Morgan fingerprint density at radius 1 is 1.17 bits per heavy atom. The van der Waals surface area contributed by atoms with Crippen LogP contribution in [0.2, 0.25) is 0 Å². The number of hydrogen-bond acceptors (Lipinski definition) is 3. The van der Waals surface area contributed by atoms with Crippen LogP contribution in [0.3, 0.4) is 0 Å². The molecule has 23 heavy (non-hydrogen) atoms. The minimum absolute atomic E-state index is 0.200. The lowest BCUT2D eigenvalue weighted by Gasteiger charge is -2.19. The number of ether oxygens (including phenoxy) is 2. The quantitative estimate of drug-likeness (QED) is 0.820. The van der Waals surface area contributed by atoms with Gasteiger partial charge in [0.2, 0.25) is 0 Å². The van der Waals surface area contributed by atoms with Gasteiger partial charge in [0.25, 0.3) is 5.91 Å². The number of amides is 1. The van der Waals surface area contributed by atoms with E-state index in [9.17, 15) is 9.18 Å². The molecule has 2 aromatic rings. The van der Waals surface area contributed by atoms with Crippen LogP contribution < -0.4 is 9.47 Å². The van der Waals surface area contributed by atoms with Crippen molar-refractivity contribution >= 4 is 5.91 Å². The van der Waals surface area contributed by atoms with Gasteiger partial charge in [-0.15, -0.1) is 0 Å². The highest BCUT2D eigenvalue weighted by Gasteiger charge is 2.17. The molecular formula is C18H20FNO3. The van der Waals surface area contributed by atoms with Gasteiger partial charge in [0.05, 0.1) is 19.2 Å². The first kappa shape index (κ1) is 16.8. The van der Waals surface area contributed by atoms with Crippen LogP contribution in [0.4, 0.5) is 4.39 Å². The molecule has 1 amide bonds. The number of para-hydroxylation sites is 1. The van der Waals surface area contributed by atoms with Gasteiger partial charge >= 0.3 is 0 Å². The Morgan fingerprint density at radius 3 is 2.61 bits per heavy atom. The Bertz CT molecular complexity index is 688. The summed E-state index contributed by atoms with van der Waals surface area (Å²) in [6, 6.07) is 11.6. The lowest BCUT2D eigenvalue weighted by molar-refractivity contribution is 0.0770. The summed E-state index contributed by atoms with van der Waals surface area (Å²) in [5, 5.41) is 0. The molecule has 0 aliphatic rings. The predicted molar refractivity (Wildman–Crippen MR) is 86.6 cm³/mol. The summed E-state index contributed by atoms with van der Waals surface area (Å²) in [5.41, 5.74) is 1.24. The summed E-state index contributed by atoms with van der Waals surface area (Å²) in [7, 11) is 3.10. The van der Waals surface area contributed by atoms with E-state index in [1.165, 1.54) is 30.2 Å². The number of halogens is 1. The van der Waals surface area contributed by atoms with Gasteiger partial charge in [-0.25, -0.2) is 4.39 Å². The van der Waals surface area contributed by atoms with E-state index in [0.29, 0.717) is 18.9 Å². The van der Waals surface area contributed by atoms with Crippen molar-refractivity contribution in [3.63, 3.8) is 0 Å². The van der Waals surface area contributed by atoms with Gasteiger partial charge < -0.3 is 14.4 Å². The van der Waals surface area contributed by atoms with E-state index in [2.05, 4.69) is 0 Å². The number of carbonyl (C=O) groups excluding carboxylic acids is 1. The van der Waals surface area contributed by atoms with Crippen LogP contribution in [0.15, 0.2) is 42.5 Å². The highest BCUT2D eigenvalue weighted by Crippen LogP contribution is 2.21. The largest absolute Gasteiger partial charge is 0.496 e. The van der Waals surface area contributed by atoms with E-state index >= 15 is 0 Å². The molecule has 0 unspecified atom stereocenters. The van der Waals surface area contributed by atoms with Crippen LogP contribution >= 0.6 is 0 Å². The number of rotatable bonds is 6. The van der Waals surface area contributed by atoms with Crippen molar-refractivity contribution in [1.82, 2.24) is 4.90 Å². The van der Waals surface area contributed by atoms with E-state index in [0.717, 1.165) is 11.3 Å². The maximum absolute atomic E-state index is 13.4. The van der Waals surface area contributed by atoms with Crippen LogP contribution in [0.25, 0.3) is 0 Å². The Labute approximate surface area is 135 Å².